The molecule has 4 rings (SSSR count). The standard InChI is InChI=1S/C22H20Cl3N5S.C2H6/c23-9-1-11-31-29-18-6-3-15(4-7-18)20-13-22(30-21(28-20)8-10-27-30)26-14-16-2-5-17(24)12-19(16)25;1-2/h2-8,10,12-13,26,29H,1,9,11,14H2;1-2H3. The van der Waals surface area contributed by atoms with Gasteiger partial charge in [0, 0.05) is 51.6 Å². The molecule has 0 aliphatic carbocycles. The van der Waals surface area contributed by atoms with Crippen molar-refractivity contribution in [3.05, 3.63) is 76.4 Å². The topological polar surface area (TPSA) is 54.2 Å². The van der Waals surface area contributed by atoms with Crippen LogP contribution < -0.4 is 10.0 Å². The number of hydrogen-bond donors (Lipinski definition) is 2. The van der Waals surface area contributed by atoms with E-state index in [1.54, 1.807) is 28.7 Å². The van der Waals surface area contributed by atoms with Crippen molar-refractivity contribution < 1.29 is 0 Å². The second-order valence-corrected chi connectivity index (χ2v) is 8.91. The molecule has 2 aromatic carbocycles. The fourth-order valence-electron chi connectivity index (χ4n) is 3.01. The fourth-order valence-corrected chi connectivity index (χ4v) is 4.47. The second-order valence-electron chi connectivity index (χ2n) is 6.79. The molecule has 0 atom stereocenters. The minimum absolute atomic E-state index is 0.538. The molecule has 2 heterocycles. The van der Waals surface area contributed by atoms with Gasteiger partial charge in [-0.15, -0.1) is 11.6 Å². The van der Waals surface area contributed by atoms with Crippen LogP contribution >= 0.6 is 46.8 Å². The number of benzene rings is 2. The summed E-state index contributed by atoms with van der Waals surface area (Å²) < 4.78 is 5.11. The number of aromatic nitrogens is 3. The Morgan fingerprint density at radius 3 is 2.52 bits per heavy atom. The van der Waals surface area contributed by atoms with Crippen molar-refractivity contribution in [3.8, 4) is 11.3 Å². The average molecular weight is 523 g/mol. The molecule has 2 aromatic heterocycles. The molecule has 0 spiro atoms. The number of alkyl halides is 1. The van der Waals surface area contributed by atoms with E-state index in [2.05, 4.69) is 27.3 Å². The summed E-state index contributed by atoms with van der Waals surface area (Å²) in [7, 11) is 0. The molecule has 0 unspecified atom stereocenters. The van der Waals surface area contributed by atoms with Crippen LogP contribution in [0, 0.1) is 0 Å². The number of fused-ring (bicyclic) bond motifs is 1. The van der Waals surface area contributed by atoms with E-state index >= 15 is 0 Å². The monoisotopic (exact) mass is 521 g/mol. The quantitative estimate of drug-likeness (QED) is 0.132. The van der Waals surface area contributed by atoms with Gasteiger partial charge in [-0.2, -0.15) is 9.61 Å². The minimum atomic E-state index is 0.538. The van der Waals surface area contributed by atoms with Gasteiger partial charge in [0.25, 0.3) is 0 Å². The molecular weight excluding hydrogens is 497 g/mol. The number of halogens is 3. The number of anilines is 2. The normalized spacial score (nSPS) is 10.6. The van der Waals surface area contributed by atoms with Crippen LogP contribution in [0.25, 0.3) is 16.9 Å². The van der Waals surface area contributed by atoms with E-state index in [1.807, 2.05) is 50.2 Å². The van der Waals surface area contributed by atoms with Crippen LogP contribution in [0.15, 0.2) is 60.8 Å². The molecule has 9 heteroatoms. The van der Waals surface area contributed by atoms with Crippen molar-refractivity contribution in [2.24, 2.45) is 0 Å². The Labute approximate surface area is 214 Å². The van der Waals surface area contributed by atoms with Crippen molar-refractivity contribution in [2.75, 3.05) is 21.7 Å². The maximum absolute atomic E-state index is 6.32. The zero-order valence-corrected chi connectivity index (χ0v) is 21.6. The molecule has 0 aliphatic heterocycles. The number of nitrogens with zero attached hydrogens (tertiary/aromatic N) is 3. The summed E-state index contributed by atoms with van der Waals surface area (Å²) in [5, 5.41) is 9.04. The lowest BCUT2D eigenvalue weighted by atomic mass is 10.1. The molecule has 0 bridgehead atoms. The third-order valence-electron chi connectivity index (χ3n) is 4.59. The molecule has 0 saturated carbocycles. The van der Waals surface area contributed by atoms with Gasteiger partial charge in [-0.3, -0.25) is 0 Å². The van der Waals surface area contributed by atoms with E-state index in [9.17, 15) is 0 Å². The van der Waals surface area contributed by atoms with Gasteiger partial charge in [0.15, 0.2) is 5.65 Å². The third kappa shape index (κ3) is 6.93. The molecule has 174 valence electrons. The Balaban J connectivity index is 0.00000149. The maximum atomic E-state index is 6.32. The first-order valence-electron chi connectivity index (χ1n) is 10.7. The highest BCUT2D eigenvalue weighted by molar-refractivity contribution is 8.00. The molecule has 0 radical (unpaired) electrons. The smallest absolute Gasteiger partial charge is 0.157 e. The van der Waals surface area contributed by atoms with Gasteiger partial charge >= 0.3 is 0 Å². The zero-order chi connectivity index (χ0) is 23.6. The van der Waals surface area contributed by atoms with Gasteiger partial charge in [-0.1, -0.05) is 67.2 Å². The number of nitrogens with one attached hydrogen (secondary N) is 2. The van der Waals surface area contributed by atoms with Crippen LogP contribution in [0.2, 0.25) is 10.0 Å². The maximum Gasteiger partial charge on any atom is 0.157 e. The molecule has 0 saturated heterocycles. The van der Waals surface area contributed by atoms with E-state index in [4.69, 9.17) is 39.8 Å². The third-order valence-corrected chi connectivity index (χ3v) is 6.31. The highest BCUT2D eigenvalue weighted by atomic mass is 35.5. The summed E-state index contributed by atoms with van der Waals surface area (Å²) in [6, 6.07) is 17.6. The van der Waals surface area contributed by atoms with Gasteiger partial charge in [0.1, 0.15) is 5.82 Å². The highest BCUT2D eigenvalue weighted by Crippen LogP contribution is 2.26. The first-order chi connectivity index (χ1) is 16.1. The highest BCUT2D eigenvalue weighted by Gasteiger charge is 2.10. The Kier molecular flexibility index (Phi) is 10.0. The summed E-state index contributed by atoms with van der Waals surface area (Å²) in [5.74, 6) is 2.48. The van der Waals surface area contributed by atoms with Gasteiger partial charge in [0.05, 0.1) is 11.9 Å². The summed E-state index contributed by atoms with van der Waals surface area (Å²) in [6.45, 7) is 4.54. The van der Waals surface area contributed by atoms with Crippen molar-refractivity contribution in [1.82, 2.24) is 14.6 Å². The van der Waals surface area contributed by atoms with Crippen molar-refractivity contribution in [2.45, 2.75) is 26.8 Å². The lowest BCUT2D eigenvalue weighted by Crippen LogP contribution is -2.07. The van der Waals surface area contributed by atoms with Crippen LogP contribution in [0.5, 0.6) is 0 Å². The number of rotatable bonds is 9. The van der Waals surface area contributed by atoms with Crippen LogP contribution in [0.4, 0.5) is 11.5 Å². The molecular formula is C24H26Cl3N5S. The van der Waals surface area contributed by atoms with E-state index in [0.717, 1.165) is 46.1 Å². The van der Waals surface area contributed by atoms with E-state index < -0.39 is 0 Å². The molecule has 0 aliphatic rings. The largest absolute Gasteiger partial charge is 0.366 e. The second kappa shape index (κ2) is 12.9. The summed E-state index contributed by atoms with van der Waals surface area (Å²) >= 11 is 19.7. The van der Waals surface area contributed by atoms with E-state index in [1.165, 1.54) is 0 Å². The lowest BCUT2D eigenvalue weighted by Gasteiger charge is -2.12. The van der Waals surface area contributed by atoms with Gasteiger partial charge in [-0.25, -0.2) is 4.98 Å². The Hall–Kier alpha value is -2.12. The predicted molar refractivity (Wildman–Crippen MR) is 145 cm³/mol. The molecule has 0 amide bonds. The first-order valence-corrected chi connectivity index (χ1v) is 13.0. The Morgan fingerprint density at radius 1 is 1.00 bits per heavy atom. The molecule has 5 nitrogen and oxygen atoms in total. The van der Waals surface area contributed by atoms with Gasteiger partial charge in [-0.05, 0) is 36.2 Å². The summed E-state index contributed by atoms with van der Waals surface area (Å²) in [5.41, 5.74) is 4.64. The van der Waals surface area contributed by atoms with Crippen LogP contribution in [-0.4, -0.2) is 26.2 Å². The van der Waals surface area contributed by atoms with Crippen LogP contribution in [0.1, 0.15) is 25.8 Å². The van der Waals surface area contributed by atoms with Crippen molar-refractivity contribution in [3.63, 3.8) is 0 Å². The van der Waals surface area contributed by atoms with E-state index in [0.29, 0.717) is 22.5 Å². The molecule has 4 aromatic rings. The van der Waals surface area contributed by atoms with Crippen LogP contribution in [-0.2, 0) is 6.54 Å². The van der Waals surface area contributed by atoms with Crippen LogP contribution in [0.3, 0.4) is 0 Å². The Morgan fingerprint density at radius 2 is 1.79 bits per heavy atom. The summed E-state index contributed by atoms with van der Waals surface area (Å²) in [6.07, 6.45) is 2.71. The zero-order valence-electron chi connectivity index (χ0n) is 18.5. The van der Waals surface area contributed by atoms with E-state index in [-0.39, 0.29) is 0 Å². The van der Waals surface area contributed by atoms with Gasteiger partial charge in [0.2, 0.25) is 0 Å². The Bertz CT molecular complexity index is 1160. The van der Waals surface area contributed by atoms with Crippen molar-refractivity contribution in [1.29, 1.82) is 0 Å². The van der Waals surface area contributed by atoms with Gasteiger partial charge < -0.3 is 10.0 Å². The minimum Gasteiger partial charge on any atom is -0.366 e. The predicted octanol–water partition coefficient (Wildman–Crippen LogP) is 8.03. The molecule has 33 heavy (non-hydrogen) atoms. The van der Waals surface area contributed by atoms with Crippen molar-refractivity contribution >= 4 is 63.9 Å². The molecule has 0 fully saturated rings. The summed E-state index contributed by atoms with van der Waals surface area (Å²) in [4.78, 5) is 4.74. The lowest BCUT2D eigenvalue weighted by molar-refractivity contribution is 0.927. The molecule has 2 N–H and O–H groups in total. The first kappa shape index (κ1) is 25.5. The SMILES string of the molecule is CC.ClCCCSNc1ccc(-c2cc(NCc3ccc(Cl)cc3Cl)n3nccc3n2)cc1. The average Bonchev–Trinajstić information content (AvgIpc) is 3.32. The number of hydrogen-bond acceptors (Lipinski definition) is 5. The fraction of sp³-hybridized carbons (Fsp3) is 0.250.